The molecule has 0 N–H and O–H groups in total. The lowest BCUT2D eigenvalue weighted by atomic mass is 9.66. The van der Waals surface area contributed by atoms with Crippen LogP contribution in [-0.4, -0.2) is 5.60 Å². The number of halogens is 1. The Morgan fingerprint density at radius 2 is 1.81 bits per heavy atom. The van der Waals surface area contributed by atoms with Crippen LogP contribution in [0, 0.1) is 5.92 Å². The summed E-state index contributed by atoms with van der Waals surface area (Å²) in [5.41, 5.74) is 1.31. The van der Waals surface area contributed by atoms with Crippen LogP contribution in [0.1, 0.15) is 40.2 Å². The number of para-hydroxylation sites is 1. The number of hydrogen-bond acceptors (Lipinski definition) is 1. The third kappa shape index (κ3) is 1.58. The summed E-state index contributed by atoms with van der Waals surface area (Å²) in [5, 5.41) is 0. The van der Waals surface area contributed by atoms with E-state index in [1.165, 1.54) is 5.56 Å². The van der Waals surface area contributed by atoms with Crippen molar-refractivity contribution < 1.29 is 4.74 Å². The molecular formula is C14H19BrO. The fraction of sp³-hybridized carbons (Fsp3) is 0.571. The molecule has 0 spiro atoms. The predicted molar refractivity (Wildman–Crippen MR) is 71.0 cm³/mol. The second kappa shape index (κ2) is 3.49. The Kier molecular flexibility index (Phi) is 2.61. The van der Waals surface area contributed by atoms with Gasteiger partial charge in [0.25, 0.3) is 0 Å². The number of fused-ring (bicyclic) bond motifs is 1. The lowest BCUT2D eigenvalue weighted by Gasteiger charge is -2.48. The molecule has 0 amide bonds. The zero-order valence-corrected chi connectivity index (χ0v) is 12.2. The normalized spacial score (nSPS) is 25.8. The van der Waals surface area contributed by atoms with Crippen molar-refractivity contribution in [3.8, 4) is 5.75 Å². The van der Waals surface area contributed by atoms with Crippen molar-refractivity contribution >= 4 is 15.9 Å². The Labute approximate surface area is 106 Å². The van der Waals surface area contributed by atoms with Gasteiger partial charge in [0.2, 0.25) is 0 Å². The second-order valence-corrected chi connectivity index (χ2v) is 6.62. The Morgan fingerprint density at radius 1 is 1.19 bits per heavy atom. The van der Waals surface area contributed by atoms with E-state index < -0.39 is 0 Å². The standard InChI is InChI=1S/C14H19BrO/c1-9-13(2,3)10-7-6-8-11(15)12(10)16-14(9,4)5/h6-9H,1-5H3. The summed E-state index contributed by atoms with van der Waals surface area (Å²) in [5.74, 6) is 1.48. The highest BCUT2D eigenvalue weighted by Crippen LogP contribution is 2.50. The molecule has 1 aromatic rings. The Hall–Kier alpha value is -0.500. The molecule has 2 rings (SSSR count). The zero-order chi connectivity index (χ0) is 12.1. The van der Waals surface area contributed by atoms with Gasteiger partial charge >= 0.3 is 0 Å². The number of benzene rings is 1. The van der Waals surface area contributed by atoms with E-state index in [2.05, 4.69) is 62.7 Å². The Balaban J connectivity index is 2.66. The van der Waals surface area contributed by atoms with E-state index in [1.54, 1.807) is 0 Å². The molecule has 1 nitrogen and oxygen atoms in total. The number of ether oxygens (including phenoxy) is 1. The molecule has 0 saturated heterocycles. The molecule has 2 heteroatoms. The average Bonchev–Trinajstić information content (AvgIpc) is 2.17. The van der Waals surface area contributed by atoms with Gasteiger partial charge in [-0.15, -0.1) is 0 Å². The van der Waals surface area contributed by atoms with Crippen molar-refractivity contribution in [3.63, 3.8) is 0 Å². The zero-order valence-electron chi connectivity index (χ0n) is 10.6. The summed E-state index contributed by atoms with van der Waals surface area (Å²) in [6.45, 7) is 11.2. The number of rotatable bonds is 0. The SMILES string of the molecule is CC1C(C)(C)Oc2c(Br)cccc2C1(C)C. The molecule has 0 aromatic heterocycles. The molecule has 0 fully saturated rings. The first-order chi connectivity index (χ1) is 7.27. The van der Waals surface area contributed by atoms with Crippen LogP contribution in [0.5, 0.6) is 5.75 Å². The largest absolute Gasteiger partial charge is 0.486 e. The third-order valence-electron chi connectivity index (χ3n) is 4.15. The van der Waals surface area contributed by atoms with Crippen molar-refractivity contribution in [3.05, 3.63) is 28.2 Å². The van der Waals surface area contributed by atoms with Crippen LogP contribution in [0.2, 0.25) is 0 Å². The first-order valence-electron chi connectivity index (χ1n) is 5.75. The van der Waals surface area contributed by atoms with E-state index >= 15 is 0 Å². The van der Waals surface area contributed by atoms with Crippen molar-refractivity contribution in [2.24, 2.45) is 5.92 Å². The maximum Gasteiger partial charge on any atom is 0.138 e. The molecule has 88 valence electrons. The van der Waals surface area contributed by atoms with Gasteiger partial charge in [-0.05, 0) is 41.3 Å². The van der Waals surface area contributed by atoms with Gasteiger partial charge < -0.3 is 4.74 Å². The van der Waals surface area contributed by atoms with Gasteiger partial charge in [0.1, 0.15) is 11.4 Å². The molecule has 1 atom stereocenters. The molecule has 0 saturated carbocycles. The van der Waals surface area contributed by atoms with Crippen molar-refractivity contribution in [1.82, 2.24) is 0 Å². The molecule has 1 aliphatic rings. The fourth-order valence-electron chi connectivity index (χ4n) is 2.57. The lowest BCUT2D eigenvalue weighted by Crippen LogP contribution is -2.49. The maximum atomic E-state index is 6.15. The van der Waals surface area contributed by atoms with E-state index in [0.717, 1.165) is 10.2 Å². The second-order valence-electron chi connectivity index (χ2n) is 5.77. The van der Waals surface area contributed by atoms with Gasteiger partial charge in [-0.25, -0.2) is 0 Å². The van der Waals surface area contributed by atoms with Crippen LogP contribution < -0.4 is 4.74 Å². The van der Waals surface area contributed by atoms with E-state index in [9.17, 15) is 0 Å². The summed E-state index contributed by atoms with van der Waals surface area (Å²) >= 11 is 3.58. The monoisotopic (exact) mass is 282 g/mol. The molecule has 1 unspecified atom stereocenters. The van der Waals surface area contributed by atoms with E-state index in [4.69, 9.17) is 4.74 Å². The van der Waals surface area contributed by atoms with Gasteiger partial charge in [-0.1, -0.05) is 32.9 Å². The fourth-order valence-corrected chi connectivity index (χ4v) is 3.02. The summed E-state index contributed by atoms with van der Waals surface area (Å²) in [6.07, 6.45) is 0. The molecular weight excluding hydrogens is 264 g/mol. The summed E-state index contributed by atoms with van der Waals surface area (Å²) < 4.78 is 7.20. The van der Waals surface area contributed by atoms with Crippen molar-refractivity contribution in [1.29, 1.82) is 0 Å². The van der Waals surface area contributed by atoms with Gasteiger partial charge in [0.15, 0.2) is 0 Å². The smallest absolute Gasteiger partial charge is 0.138 e. The first kappa shape index (κ1) is 12.0. The predicted octanol–water partition coefficient (Wildman–Crippen LogP) is 4.53. The summed E-state index contributed by atoms with van der Waals surface area (Å²) in [4.78, 5) is 0. The van der Waals surface area contributed by atoms with E-state index in [0.29, 0.717) is 5.92 Å². The van der Waals surface area contributed by atoms with Crippen molar-refractivity contribution in [2.75, 3.05) is 0 Å². The highest BCUT2D eigenvalue weighted by atomic mass is 79.9. The minimum absolute atomic E-state index is 0.125. The molecule has 1 aliphatic heterocycles. The molecule has 0 radical (unpaired) electrons. The minimum atomic E-state index is -0.125. The topological polar surface area (TPSA) is 9.23 Å². The Bertz CT molecular complexity index is 421. The third-order valence-corrected chi connectivity index (χ3v) is 4.78. The van der Waals surface area contributed by atoms with Crippen LogP contribution in [0.3, 0.4) is 0 Å². The van der Waals surface area contributed by atoms with Crippen LogP contribution in [0.15, 0.2) is 22.7 Å². The quantitative estimate of drug-likeness (QED) is 0.679. The maximum absolute atomic E-state index is 6.15. The van der Waals surface area contributed by atoms with Crippen LogP contribution in [0.25, 0.3) is 0 Å². The van der Waals surface area contributed by atoms with Gasteiger partial charge in [0.05, 0.1) is 4.47 Å². The van der Waals surface area contributed by atoms with Gasteiger partial charge in [-0.2, -0.15) is 0 Å². The lowest BCUT2D eigenvalue weighted by molar-refractivity contribution is -0.00527. The van der Waals surface area contributed by atoms with Gasteiger partial charge in [-0.3, -0.25) is 0 Å². The molecule has 0 aliphatic carbocycles. The molecule has 1 aromatic carbocycles. The summed E-state index contributed by atoms with van der Waals surface area (Å²) in [7, 11) is 0. The van der Waals surface area contributed by atoms with Gasteiger partial charge in [0, 0.05) is 11.5 Å². The number of hydrogen-bond donors (Lipinski definition) is 0. The summed E-state index contributed by atoms with van der Waals surface area (Å²) in [6, 6.07) is 6.30. The highest BCUT2D eigenvalue weighted by Gasteiger charge is 2.46. The first-order valence-corrected chi connectivity index (χ1v) is 6.54. The molecule has 0 bridgehead atoms. The van der Waals surface area contributed by atoms with Crippen LogP contribution >= 0.6 is 15.9 Å². The van der Waals surface area contributed by atoms with Crippen molar-refractivity contribution in [2.45, 2.75) is 45.6 Å². The highest BCUT2D eigenvalue weighted by molar-refractivity contribution is 9.10. The van der Waals surface area contributed by atoms with Crippen LogP contribution in [0.4, 0.5) is 0 Å². The van der Waals surface area contributed by atoms with Crippen LogP contribution in [-0.2, 0) is 5.41 Å². The van der Waals surface area contributed by atoms with E-state index in [-0.39, 0.29) is 11.0 Å². The molecule has 1 heterocycles. The minimum Gasteiger partial charge on any atom is -0.486 e. The molecule has 16 heavy (non-hydrogen) atoms. The Morgan fingerprint density at radius 3 is 2.44 bits per heavy atom. The van der Waals surface area contributed by atoms with E-state index in [1.807, 2.05) is 6.07 Å². The average molecular weight is 283 g/mol.